The number of carboxylic acid groups (broad SMARTS) is 1. The molecule has 2 atom stereocenters. The van der Waals surface area contributed by atoms with Crippen LogP contribution in [-0.4, -0.2) is 46.9 Å². The number of aliphatic carboxylic acids is 1. The van der Waals surface area contributed by atoms with Crippen LogP contribution in [0.5, 0.6) is 0 Å². The molecule has 9 heteroatoms. The zero-order valence-electron chi connectivity index (χ0n) is 16.0. The summed E-state index contributed by atoms with van der Waals surface area (Å²) in [6, 6.07) is 0.194. The lowest BCUT2D eigenvalue weighted by Gasteiger charge is -2.42. The first-order valence-corrected chi connectivity index (χ1v) is 8.95. The summed E-state index contributed by atoms with van der Waals surface area (Å²) in [5.74, 6) is -5.30. The minimum absolute atomic E-state index is 0.0326. The van der Waals surface area contributed by atoms with Crippen LogP contribution in [0, 0.1) is 17.5 Å². The third-order valence-electron chi connectivity index (χ3n) is 4.24. The lowest BCUT2D eigenvalue weighted by molar-refractivity contribution is -0.137. The van der Waals surface area contributed by atoms with Crippen molar-refractivity contribution in [3.05, 3.63) is 35.1 Å². The highest BCUT2D eigenvalue weighted by atomic mass is 19.2. The number of hydrogen-bond acceptors (Lipinski definition) is 4. The summed E-state index contributed by atoms with van der Waals surface area (Å²) in [7, 11) is 0. The van der Waals surface area contributed by atoms with Gasteiger partial charge in [-0.05, 0) is 51.3 Å². The Labute approximate surface area is 161 Å². The standard InChI is InChI=1S/C19H24F3NO5/c1-19(2,3)28-18(26)23-12(5-4-6-16(24)25)9-27-10-15(23)11-7-13(20)17(22)14(21)8-11/h7-8,12,15H,4-6,9-10H2,1-3H3,(H,24,25). The molecule has 2 rings (SSSR count). The molecule has 0 aromatic heterocycles. The van der Waals surface area contributed by atoms with Gasteiger partial charge >= 0.3 is 12.1 Å². The monoisotopic (exact) mass is 403 g/mol. The van der Waals surface area contributed by atoms with Gasteiger partial charge in [-0.1, -0.05) is 0 Å². The summed E-state index contributed by atoms with van der Waals surface area (Å²) >= 11 is 0. The summed E-state index contributed by atoms with van der Waals surface area (Å²) in [5, 5.41) is 8.83. The Kier molecular flexibility index (Phi) is 6.92. The number of amides is 1. The molecule has 1 N–H and O–H groups in total. The number of rotatable bonds is 5. The molecule has 0 saturated carbocycles. The van der Waals surface area contributed by atoms with Gasteiger partial charge in [0.2, 0.25) is 0 Å². The van der Waals surface area contributed by atoms with Crippen LogP contribution in [0.4, 0.5) is 18.0 Å². The molecule has 1 aliphatic rings. The van der Waals surface area contributed by atoms with E-state index >= 15 is 0 Å². The predicted octanol–water partition coefficient (Wildman–Crippen LogP) is 4.04. The first kappa shape index (κ1) is 22.0. The van der Waals surface area contributed by atoms with E-state index in [4.69, 9.17) is 14.6 Å². The van der Waals surface area contributed by atoms with E-state index in [1.54, 1.807) is 20.8 Å². The molecule has 0 bridgehead atoms. The van der Waals surface area contributed by atoms with Crippen LogP contribution in [0.3, 0.4) is 0 Å². The Morgan fingerprint density at radius 2 is 1.82 bits per heavy atom. The van der Waals surface area contributed by atoms with Gasteiger partial charge < -0.3 is 14.6 Å². The second-order valence-corrected chi connectivity index (χ2v) is 7.68. The zero-order chi connectivity index (χ0) is 21.1. The maximum Gasteiger partial charge on any atom is 0.411 e. The highest BCUT2D eigenvalue weighted by Gasteiger charge is 2.38. The number of halogens is 3. The maximum absolute atomic E-state index is 13.7. The molecule has 1 heterocycles. The van der Waals surface area contributed by atoms with Crippen molar-refractivity contribution in [2.75, 3.05) is 13.2 Å². The number of ether oxygens (including phenoxy) is 2. The molecular formula is C19H24F3NO5. The van der Waals surface area contributed by atoms with Crippen LogP contribution in [0.15, 0.2) is 12.1 Å². The van der Waals surface area contributed by atoms with Crippen molar-refractivity contribution in [2.45, 2.75) is 57.7 Å². The summed E-state index contributed by atoms with van der Waals surface area (Å²) < 4.78 is 51.7. The van der Waals surface area contributed by atoms with Crippen molar-refractivity contribution in [1.82, 2.24) is 4.90 Å². The van der Waals surface area contributed by atoms with Crippen molar-refractivity contribution in [2.24, 2.45) is 0 Å². The van der Waals surface area contributed by atoms with E-state index in [2.05, 4.69) is 0 Å². The highest BCUT2D eigenvalue weighted by Crippen LogP contribution is 2.32. The lowest BCUT2D eigenvalue weighted by atomic mass is 9.99. The van der Waals surface area contributed by atoms with Gasteiger partial charge in [0.25, 0.3) is 0 Å². The number of morpholine rings is 1. The number of benzene rings is 1. The van der Waals surface area contributed by atoms with E-state index in [1.165, 1.54) is 4.90 Å². The van der Waals surface area contributed by atoms with Gasteiger partial charge in [0, 0.05) is 6.42 Å². The van der Waals surface area contributed by atoms with Gasteiger partial charge in [-0.25, -0.2) is 18.0 Å². The van der Waals surface area contributed by atoms with Gasteiger partial charge in [0.05, 0.1) is 25.3 Å². The molecule has 1 saturated heterocycles. The predicted molar refractivity (Wildman–Crippen MR) is 93.2 cm³/mol. The maximum atomic E-state index is 13.7. The second kappa shape index (κ2) is 8.81. The van der Waals surface area contributed by atoms with Crippen LogP contribution in [0.1, 0.15) is 51.6 Å². The molecular weight excluding hydrogens is 379 g/mol. The summed E-state index contributed by atoms with van der Waals surface area (Å²) in [6.45, 7) is 5.10. The minimum atomic E-state index is -1.60. The van der Waals surface area contributed by atoms with E-state index in [0.29, 0.717) is 6.42 Å². The first-order valence-electron chi connectivity index (χ1n) is 8.95. The zero-order valence-corrected chi connectivity index (χ0v) is 16.0. The lowest BCUT2D eigenvalue weighted by Crippen LogP contribution is -2.52. The normalized spacial score (nSPS) is 20.1. The molecule has 28 heavy (non-hydrogen) atoms. The summed E-state index contributed by atoms with van der Waals surface area (Å²) in [4.78, 5) is 24.9. The van der Waals surface area contributed by atoms with Crippen molar-refractivity contribution in [3.8, 4) is 0 Å². The van der Waals surface area contributed by atoms with Gasteiger partial charge in [-0.15, -0.1) is 0 Å². The van der Waals surface area contributed by atoms with E-state index in [9.17, 15) is 22.8 Å². The number of carbonyl (C=O) groups excluding carboxylic acids is 1. The average Bonchev–Trinajstić information content (AvgIpc) is 2.57. The Hall–Kier alpha value is -2.29. The number of hydrogen-bond donors (Lipinski definition) is 1. The van der Waals surface area contributed by atoms with Crippen molar-refractivity contribution in [1.29, 1.82) is 0 Å². The highest BCUT2D eigenvalue weighted by molar-refractivity contribution is 5.70. The molecule has 1 aliphatic heterocycles. The van der Waals surface area contributed by atoms with Crippen LogP contribution in [0.25, 0.3) is 0 Å². The quantitative estimate of drug-likeness (QED) is 0.751. The fourth-order valence-corrected chi connectivity index (χ4v) is 3.06. The molecule has 0 radical (unpaired) electrons. The Morgan fingerprint density at radius 1 is 1.21 bits per heavy atom. The second-order valence-electron chi connectivity index (χ2n) is 7.68. The van der Waals surface area contributed by atoms with Gasteiger partial charge in [0.1, 0.15) is 5.60 Å². The minimum Gasteiger partial charge on any atom is -0.481 e. The van der Waals surface area contributed by atoms with Crippen LogP contribution in [-0.2, 0) is 14.3 Å². The third kappa shape index (κ3) is 5.60. The fourth-order valence-electron chi connectivity index (χ4n) is 3.06. The van der Waals surface area contributed by atoms with E-state index in [1.807, 2.05) is 0 Å². The van der Waals surface area contributed by atoms with E-state index in [0.717, 1.165) is 12.1 Å². The van der Waals surface area contributed by atoms with E-state index < -0.39 is 47.2 Å². The molecule has 2 unspecified atom stereocenters. The molecule has 1 aromatic rings. The van der Waals surface area contributed by atoms with E-state index in [-0.39, 0.29) is 31.6 Å². The van der Waals surface area contributed by atoms with Gasteiger partial charge in [0.15, 0.2) is 17.5 Å². The summed E-state index contributed by atoms with van der Waals surface area (Å²) in [6.07, 6.45) is -0.231. The van der Waals surface area contributed by atoms with Gasteiger partial charge in [-0.2, -0.15) is 0 Å². The van der Waals surface area contributed by atoms with Crippen molar-refractivity contribution >= 4 is 12.1 Å². The molecule has 0 aliphatic carbocycles. The Bertz CT molecular complexity index is 712. The molecule has 0 spiro atoms. The summed E-state index contributed by atoms with van der Waals surface area (Å²) in [5.41, 5.74) is -0.782. The Morgan fingerprint density at radius 3 is 2.36 bits per heavy atom. The SMILES string of the molecule is CC(C)(C)OC(=O)N1C(CCCC(=O)O)COCC1c1cc(F)c(F)c(F)c1. The average molecular weight is 403 g/mol. The molecule has 6 nitrogen and oxygen atoms in total. The van der Waals surface area contributed by atoms with Crippen LogP contribution in [0.2, 0.25) is 0 Å². The van der Waals surface area contributed by atoms with Crippen molar-refractivity contribution < 1.29 is 37.3 Å². The third-order valence-corrected chi connectivity index (χ3v) is 4.24. The van der Waals surface area contributed by atoms with Gasteiger partial charge in [-0.3, -0.25) is 9.69 Å². The molecule has 1 amide bonds. The topological polar surface area (TPSA) is 76.1 Å². The molecule has 156 valence electrons. The van der Waals surface area contributed by atoms with Crippen LogP contribution < -0.4 is 0 Å². The largest absolute Gasteiger partial charge is 0.481 e. The Balaban J connectivity index is 2.34. The first-order chi connectivity index (χ1) is 13.0. The van der Waals surface area contributed by atoms with Crippen LogP contribution >= 0.6 is 0 Å². The smallest absolute Gasteiger partial charge is 0.411 e. The fraction of sp³-hybridized carbons (Fsp3) is 0.579. The molecule has 1 fully saturated rings. The van der Waals surface area contributed by atoms with Crippen molar-refractivity contribution in [3.63, 3.8) is 0 Å². The number of carbonyl (C=O) groups is 2. The number of nitrogens with zero attached hydrogens (tertiary/aromatic N) is 1. The molecule has 1 aromatic carbocycles. The number of carboxylic acids is 1.